The van der Waals surface area contributed by atoms with Gasteiger partial charge in [-0.25, -0.2) is 4.99 Å². The number of hydrogen-bond donors (Lipinski definition) is 2. The highest BCUT2D eigenvalue weighted by atomic mass is 35.5. The van der Waals surface area contributed by atoms with Crippen molar-refractivity contribution in [2.24, 2.45) is 4.99 Å². The standard InChI is InChI=1S/C17H17ClN2O/c1-12(13(2)21)19-17(15-10-6-7-11-16(15)18)20-14-8-4-3-5-9-14/h3-11,13,21H,1H2,2H3,(H,19,20). The van der Waals surface area contributed by atoms with Crippen LogP contribution in [0.2, 0.25) is 5.02 Å². The summed E-state index contributed by atoms with van der Waals surface area (Å²) < 4.78 is 0. The second-order valence-corrected chi connectivity index (χ2v) is 5.01. The van der Waals surface area contributed by atoms with Crippen molar-refractivity contribution < 1.29 is 5.11 Å². The first-order valence-electron chi connectivity index (χ1n) is 6.60. The molecule has 1 unspecified atom stereocenters. The molecular weight excluding hydrogens is 284 g/mol. The van der Waals surface area contributed by atoms with E-state index < -0.39 is 6.10 Å². The average molecular weight is 301 g/mol. The van der Waals surface area contributed by atoms with Crippen molar-refractivity contribution in [1.82, 2.24) is 5.32 Å². The first-order valence-corrected chi connectivity index (χ1v) is 6.98. The predicted octanol–water partition coefficient (Wildman–Crippen LogP) is 3.90. The van der Waals surface area contributed by atoms with Gasteiger partial charge in [0.05, 0.1) is 16.8 Å². The number of aliphatic imine (C=N–C) groups is 1. The van der Waals surface area contributed by atoms with E-state index in [1.807, 2.05) is 48.5 Å². The number of para-hydroxylation sites is 1. The number of nitrogens with zero attached hydrogens (tertiary/aromatic N) is 1. The van der Waals surface area contributed by atoms with Crippen molar-refractivity contribution in [2.75, 3.05) is 0 Å². The molecule has 0 aliphatic heterocycles. The lowest BCUT2D eigenvalue weighted by molar-refractivity contribution is 0.227. The van der Waals surface area contributed by atoms with E-state index in [1.54, 1.807) is 13.0 Å². The van der Waals surface area contributed by atoms with Gasteiger partial charge in [0, 0.05) is 11.3 Å². The lowest BCUT2D eigenvalue weighted by atomic mass is 10.2. The number of rotatable bonds is 4. The molecule has 0 radical (unpaired) electrons. The Morgan fingerprint density at radius 3 is 2.38 bits per heavy atom. The van der Waals surface area contributed by atoms with Gasteiger partial charge in [0.2, 0.25) is 0 Å². The van der Waals surface area contributed by atoms with Gasteiger partial charge < -0.3 is 10.4 Å². The first-order chi connectivity index (χ1) is 10.1. The van der Waals surface area contributed by atoms with E-state index in [4.69, 9.17) is 11.6 Å². The highest BCUT2D eigenvalue weighted by molar-refractivity contribution is 6.34. The van der Waals surface area contributed by atoms with Gasteiger partial charge in [-0.2, -0.15) is 0 Å². The van der Waals surface area contributed by atoms with Crippen LogP contribution in [0.3, 0.4) is 0 Å². The summed E-state index contributed by atoms with van der Waals surface area (Å²) in [5.74, 6) is 0.553. The molecule has 2 N–H and O–H groups in total. The Balaban J connectivity index is 2.42. The summed E-state index contributed by atoms with van der Waals surface area (Å²) in [6.45, 7) is 5.45. The number of benzene rings is 2. The molecule has 108 valence electrons. The van der Waals surface area contributed by atoms with E-state index in [1.165, 1.54) is 0 Å². The molecule has 0 fully saturated rings. The van der Waals surface area contributed by atoms with Crippen molar-refractivity contribution in [3.8, 4) is 0 Å². The minimum atomic E-state index is -0.687. The average Bonchev–Trinajstić information content (AvgIpc) is 2.48. The molecule has 1 atom stereocenters. The fourth-order valence-electron chi connectivity index (χ4n) is 1.70. The lowest BCUT2D eigenvalue weighted by Crippen LogP contribution is -2.28. The van der Waals surface area contributed by atoms with Crippen LogP contribution in [-0.4, -0.2) is 17.0 Å². The molecule has 2 aromatic rings. The zero-order valence-electron chi connectivity index (χ0n) is 11.8. The molecule has 2 aromatic carbocycles. The Bertz CT molecular complexity index is 651. The molecule has 0 heterocycles. The maximum Gasteiger partial charge on any atom is 0.139 e. The first kappa shape index (κ1) is 15.3. The summed E-state index contributed by atoms with van der Waals surface area (Å²) in [4.78, 5) is 4.56. The van der Waals surface area contributed by atoms with Gasteiger partial charge in [0.15, 0.2) is 0 Å². The van der Waals surface area contributed by atoms with Crippen LogP contribution in [0.4, 0.5) is 5.69 Å². The number of aliphatic hydroxyl groups excluding tert-OH is 1. The molecule has 21 heavy (non-hydrogen) atoms. The van der Waals surface area contributed by atoms with Crippen LogP contribution in [0.5, 0.6) is 0 Å². The zero-order valence-corrected chi connectivity index (χ0v) is 12.5. The minimum Gasteiger partial charge on any atom is -0.387 e. The number of nitrogens with one attached hydrogen (secondary N) is 1. The fourth-order valence-corrected chi connectivity index (χ4v) is 1.92. The van der Waals surface area contributed by atoms with Crippen LogP contribution in [0.15, 0.2) is 71.9 Å². The Morgan fingerprint density at radius 1 is 1.14 bits per heavy atom. The van der Waals surface area contributed by atoms with Crippen LogP contribution in [0.25, 0.3) is 0 Å². The third-order valence-electron chi connectivity index (χ3n) is 2.91. The topological polar surface area (TPSA) is 44.6 Å². The number of amidine groups is 1. The Labute approximate surface area is 129 Å². The fraction of sp³-hybridized carbons (Fsp3) is 0.118. The van der Waals surface area contributed by atoms with E-state index in [2.05, 4.69) is 16.9 Å². The molecule has 0 saturated carbocycles. The molecule has 0 saturated heterocycles. The molecule has 4 heteroatoms. The molecule has 0 spiro atoms. The molecule has 0 aliphatic carbocycles. The molecule has 2 rings (SSSR count). The largest absolute Gasteiger partial charge is 0.387 e. The highest BCUT2D eigenvalue weighted by Gasteiger charge is 2.11. The van der Waals surface area contributed by atoms with Gasteiger partial charge in [-0.3, -0.25) is 0 Å². The van der Waals surface area contributed by atoms with Gasteiger partial charge in [-0.05, 0) is 31.2 Å². The van der Waals surface area contributed by atoms with Crippen molar-refractivity contribution in [3.63, 3.8) is 0 Å². The van der Waals surface area contributed by atoms with Crippen LogP contribution < -0.4 is 5.32 Å². The molecule has 0 amide bonds. The molecule has 0 aromatic heterocycles. The number of halogens is 1. The minimum absolute atomic E-state index is 0.463. The van der Waals surface area contributed by atoms with E-state index in [-0.39, 0.29) is 0 Å². The third-order valence-corrected chi connectivity index (χ3v) is 3.24. The van der Waals surface area contributed by atoms with Gasteiger partial charge in [-0.15, -0.1) is 0 Å². The van der Waals surface area contributed by atoms with Crippen molar-refractivity contribution in [3.05, 3.63) is 77.5 Å². The summed E-state index contributed by atoms with van der Waals surface area (Å²) in [5, 5.41) is 13.2. The van der Waals surface area contributed by atoms with Crippen molar-refractivity contribution in [1.29, 1.82) is 0 Å². The van der Waals surface area contributed by atoms with Gasteiger partial charge in [0.1, 0.15) is 5.84 Å². The SMILES string of the molecule is C=C(NC(=Nc1ccccc1)c1ccccc1Cl)C(C)O. The number of aliphatic hydroxyl groups is 1. The highest BCUT2D eigenvalue weighted by Crippen LogP contribution is 2.19. The van der Waals surface area contributed by atoms with Crippen LogP contribution in [0, 0.1) is 0 Å². The van der Waals surface area contributed by atoms with Crippen molar-refractivity contribution >= 4 is 23.1 Å². The summed E-state index contributed by atoms with van der Waals surface area (Å²) in [5.41, 5.74) is 2.01. The normalized spacial score (nSPS) is 12.8. The molecule has 3 nitrogen and oxygen atoms in total. The van der Waals surface area contributed by atoms with E-state index in [0.717, 1.165) is 11.3 Å². The summed E-state index contributed by atoms with van der Waals surface area (Å²) in [6, 6.07) is 16.9. The van der Waals surface area contributed by atoms with Gasteiger partial charge >= 0.3 is 0 Å². The predicted molar refractivity (Wildman–Crippen MR) is 88.0 cm³/mol. The smallest absolute Gasteiger partial charge is 0.139 e. The zero-order chi connectivity index (χ0) is 15.2. The lowest BCUT2D eigenvalue weighted by Gasteiger charge is -2.15. The van der Waals surface area contributed by atoms with Gasteiger partial charge in [0.25, 0.3) is 0 Å². The van der Waals surface area contributed by atoms with Gasteiger partial charge in [-0.1, -0.05) is 48.5 Å². The summed E-state index contributed by atoms with van der Waals surface area (Å²) in [6.07, 6.45) is -0.687. The summed E-state index contributed by atoms with van der Waals surface area (Å²) in [7, 11) is 0. The Morgan fingerprint density at radius 2 is 1.76 bits per heavy atom. The molecular formula is C17H17ClN2O. The van der Waals surface area contributed by atoms with Crippen LogP contribution >= 0.6 is 11.6 Å². The van der Waals surface area contributed by atoms with E-state index >= 15 is 0 Å². The second-order valence-electron chi connectivity index (χ2n) is 4.60. The molecule has 0 aliphatic rings. The Hall–Kier alpha value is -2.10. The van der Waals surface area contributed by atoms with E-state index in [9.17, 15) is 5.11 Å². The number of hydrogen-bond acceptors (Lipinski definition) is 2. The van der Waals surface area contributed by atoms with Crippen LogP contribution in [-0.2, 0) is 0 Å². The van der Waals surface area contributed by atoms with Crippen LogP contribution in [0.1, 0.15) is 12.5 Å². The van der Waals surface area contributed by atoms with Crippen molar-refractivity contribution in [2.45, 2.75) is 13.0 Å². The maximum absolute atomic E-state index is 9.60. The second kappa shape index (κ2) is 7.07. The maximum atomic E-state index is 9.60. The summed E-state index contributed by atoms with van der Waals surface area (Å²) >= 11 is 6.24. The Kier molecular flexibility index (Phi) is 5.14. The quantitative estimate of drug-likeness (QED) is 0.664. The monoisotopic (exact) mass is 300 g/mol. The van der Waals surface area contributed by atoms with E-state index in [0.29, 0.717) is 16.6 Å². The molecule has 0 bridgehead atoms. The third kappa shape index (κ3) is 4.18.